The second-order valence-corrected chi connectivity index (χ2v) is 5.00. The predicted molar refractivity (Wildman–Crippen MR) is 82.2 cm³/mol. The number of halogens is 1. The molecule has 0 radical (unpaired) electrons. The minimum absolute atomic E-state index is 0.0238. The van der Waals surface area contributed by atoms with E-state index in [1.54, 1.807) is 12.1 Å². The number of hydrogen-bond donors (Lipinski definition) is 1. The molecule has 0 fully saturated rings. The maximum absolute atomic E-state index is 12.4. The van der Waals surface area contributed by atoms with Crippen LogP contribution in [0.1, 0.15) is 10.6 Å². The first-order valence-corrected chi connectivity index (χ1v) is 7.11. The minimum atomic E-state index is -0.501. The van der Waals surface area contributed by atoms with E-state index < -0.39 is 5.91 Å². The lowest BCUT2D eigenvalue weighted by molar-refractivity contribution is 0.0986. The van der Waals surface area contributed by atoms with Crippen LogP contribution in [0.25, 0.3) is 0 Å². The molecule has 0 saturated carbocycles. The number of methoxy groups -OCH3 is 2. The molecule has 2 aromatic rings. The van der Waals surface area contributed by atoms with E-state index >= 15 is 0 Å². The molecular weight excluding hydrogens is 326 g/mol. The number of furan rings is 1. The molecule has 0 bridgehead atoms. The van der Waals surface area contributed by atoms with Crippen molar-refractivity contribution in [3.05, 3.63) is 29.2 Å². The third kappa shape index (κ3) is 2.87. The van der Waals surface area contributed by atoms with E-state index in [0.29, 0.717) is 41.2 Å². The number of rotatable bonds is 4. The van der Waals surface area contributed by atoms with Gasteiger partial charge in [-0.2, -0.15) is 0 Å². The molecule has 7 nitrogen and oxygen atoms in total. The molecule has 1 N–H and O–H groups in total. The van der Waals surface area contributed by atoms with E-state index in [-0.39, 0.29) is 11.5 Å². The predicted octanol–water partition coefficient (Wildman–Crippen LogP) is 2.97. The summed E-state index contributed by atoms with van der Waals surface area (Å²) in [6, 6.07) is 3.11. The van der Waals surface area contributed by atoms with E-state index in [9.17, 15) is 4.79 Å². The first-order chi connectivity index (χ1) is 11.1. The average molecular weight is 340 g/mol. The van der Waals surface area contributed by atoms with E-state index in [2.05, 4.69) is 5.32 Å². The number of amides is 1. The van der Waals surface area contributed by atoms with Gasteiger partial charge in [-0.3, -0.25) is 4.79 Å². The van der Waals surface area contributed by atoms with Crippen LogP contribution in [0.2, 0.25) is 5.02 Å². The number of hydrogen-bond acceptors (Lipinski definition) is 6. The Hall–Kier alpha value is -2.54. The second-order valence-electron chi connectivity index (χ2n) is 4.60. The van der Waals surface area contributed by atoms with Gasteiger partial charge in [-0.15, -0.1) is 0 Å². The molecule has 0 atom stereocenters. The van der Waals surface area contributed by atoms with Gasteiger partial charge < -0.3 is 28.7 Å². The highest BCUT2D eigenvalue weighted by molar-refractivity contribution is 6.32. The fraction of sp³-hybridized carbons (Fsp3) is 0.267. The summed E-state index contributed by atoms with van der Waals surface area (Å²) in [5.74, 6) is 1.01. The zero-order valence-electron chi connectivity index (χ0n) is 12.5. The van der Waals surface area contributed by atoms with Crippen LogP contribution in [0.3, 0.4) is 0 Å². The smallest absolute Gasteiger partial charge is 0.295 e. The number of carbonyl (C=O) groups excluding carboxylic acids is 1. The summed E-state index contributed by atoms with van der Waals surface area (Å²) in [6.07, 6.45) is 1.34. The van der Waals surface area contributed by atoms with Crippen LogP contribution in [-0.2, 0) is 0 Å². The molecule has 23 heavy (non-hydrogen) atoms. The number of fused-ring (bicyclic) bond motifs is 1. The third-order valence-electron chi connectivity index (χ3n) is 3.23. The number of anilines is 1. The fourth-order valence-corrected chi connectivity index (χ4v) is 2.39. The average Bonchev–Trinajstić information content (AvgIpc) is 3.00. The van der Waals surface area contributed by atoms with Crippen molar-refractivity contribution in [2.24, 2.45) is 0 Å². The van der Waals surface area contributed by atoms with Gasteiger partial charge in [0, 0.05) is 12.1 Å². The molecule has 0 spiro atoms. The van der Waals surface area contributed by atoms with Crippen LogP contribution in [0.5, 0.6) is 23.0 Å². The van der Waals surface area contributed by atoms with E-state index in [4.69, 9.17) is 35.0 Å². The van der Waals surface area contributed by atoms with Crippen LogP contribution >= 0.6 is 11.6 Å². The van der Waals surface area contributed by atoms with Gasteiger partial charge in [-0.25, -0.2) is 0 Å². The third-order valence-corrected chi connectivity index (χ3v) is 3.52. The van der Waals surface area contributed by atoms with Crippen molar-refractivity contribution >= 4 is 23.2 Å². The van der Waals surface area contributed by atoms with Crippen molar-refractivity contribution in [1.82, 2.24) is 0 Å². The maximum Gasteiger partial charge on any atom is 0.295 e. The molecule has 8 heteroatoms. The number of benzene rings is 1. The fourth-order valence-electron chi connectivity index (χ4n) is 2.16. The van der Waals surface area contributed by atoms with Crippen molar-refractivity contribution < 1.29 is 28.2 Å². The van der Waals surface area contributed by atoms with E-state index in [0.717, 1.165) is 0 Å². The lowest BCUT2D eigenvalue weighted by Gasteiger charge is -2.15. The van der Waals surface area contributed by atoms with Gasteiger partial charge in [-0.1, -0.05) is 11.6 Å². The normalized spacial score (nSPS) is 12.7. The molecule has 1 aliphatic heterocycles. The Kier molecular flexibility index (Phi) is 4.20. The van der Waals surface area contributed by atoms with Crippen LogP contribution in [0.4, 0.5) is 5.69 Å². The molecule has 0 unspecified atom stereocenters. The maximum atomic E-state index is 12.4. The van der Waals surface area contributed by atoms with Crippen molar-refractivity contribution in [2.45, 2.75) is 0 Å². The van der Waals surface area contributed by atoms with Gasteiger partial charge in [0.05, 0.1) is 24.9 Å². The van der Waals surface area contributed by atoms with Gasteiger partial charge in [-0.05, 0) is 0 Å². The van der Waals surface area contributed by atoms with Crippen LogP contribution in [-0.4, -0.2) is 33.3 Å². The van der Waals surface area contributed by atoms with E-state index in [1.165, 1.54) is 20.5 Å². The summed E-state index contributed by atoms with van der Waals surface area (Å²) in [4.78, 5) is 12.4. The summed E-state index contributed by atoms with van der Waals surface area (Å²) >= 11 is 6.04. The topological polar surface area (TPSA) is 79.2 Å². The first kappa shape index (κ1) is 15.4. The van der Waals surface area contributed by atoms with Gasteiger partial charge in [0.15, 0.2) is 0 Å². The van der Waals surface area contributed by atoms with Crippen molar-refractivity contribution in [1.29, 1.82) is 0 Å². The summed E-state index contributed by atoms with van der Waals surface area (Å²) in [5, 5.41) is 3.05. The van der Waals surface area contributed by atoms with Crippen LogP contribution in [0.15, 0.2) is 22.8 Å². The van der Waals surface area contributed by atoms with Gasteiger partial charge >= 0.3 is 0 Å². The Bertz CT molecular complexity index is 742. The molecule has 122 valence electrons. The minimum Gasteiger partial charge on any atom is -0.495 e. The van der Waals surface area contributed by atoms with E-state index in [1.807, 2.05) is 0 Å². The molecule has 1 amide bonds. The Balaban J connectivity index is 1.89. The zero-order chi connectivity index (χ0) is 16.4. The zero-order valence-corrected chi connectivity index (χ0v) is 13.2. The van der Waals surface area contributed by atoms with Gasteiger partial charge in [0.25, 0.3) is 5.91 Å². The first-order valence-electron chi connectivity index (χ1n) is 6.74. The molecule has 3 rings (SSSR count). The van der Waals surface area contributed by atoms with Crippen molar-refractivity contribution in [3.8, 4) is 23.0 Å². The molecule has 0 aliphatic carbocycles. The lowest BCUT2D eigenvalue weighted by Crippen LogP contribution is -2.18. The highest BCUT2D eigenvalue weighted by Gasteiger charge is 2.26. The monoisotopic (exact) mass is 339 g/mol. The SMILES string of the molecule is COc1cc(NC(=O)c2occ3c2OCCO3)c(OC)cc1Cl. The Morgan fingerprint density at radius 2 is 1.91 bits per heavy atom. The standard InChI is InChI=1S/C15H14ClNO6/c1-19-10-6-9(11(20-2)5-8(10)16)17-15(18)14-13-12(7-23-14)21-3-4-22-13/h5-7H,3-4H2,1-2H3,(H,17,18). The van der Waals surface area contributed by atoms with Crippen LogP contribution in [0, 0.1) is 0 Å². The molecule has 1 aromatic carbocycles. The van der Waals surface area contributed by atoms with Crippen LogP contribution < -0.4 is 24.3 Å². The molecule has 1 aromatic heterocycles. The van der Waals surface area contributed by atoms with Gasteiger partial charge in [0.1, 0.15) is 31.0 Å². The Morgan fingerprint density at radius 1 is 1.17 bits per heavy atom. The number of nitrogens with one attached hydrogen (secondary N) is 1. The Labute approximate surface area is 137 Å². The molecular formula is C15H14ClNO6. The summed E-state index contributed by atoms with van der Waals surface area (Å²) in [6.45, 7) is 0.765. The molecule has 0 saturated heterocycles. The van der Waals surface area contributed by atoms with Crippen molar-refractivity contribution in [2.75, 3.05) is 32.8 Å². The molecule has 1 aliphatic rings. The highest BCUT2D eigenvalue weighted by atomic mass is 35.5. The summed E-state index contributed by atoms with van der Waals surface area (Å²) < 4.78 is 26.4. The quantitative estimate of drug-likeness (QED) is 0.922. The number of carbonyl (C=O) groups is 1. The largest absolute Gasteiger partial charge is 0.495 e. The summed E-state index contributed by atoms with van der Waals surface area (Å²) in [7, 11) is 2.95. The summed E-state index contributed by atoms with van der Waals surface area (Å²) in [5.41, 5.74) is 0.389. The Morgan fingerprint density at radius 3 is 2.65 bits per heavy atom. The van der Waals surface area contributed by atoms with Crippen molar-refractivity contribution in [3.63, 3.8) is 0 Å². The lowest BCUT2D eigenvalue weighted by atomic mass is 10.2. The highest BCUT2D eigenvalue weighted by Crippen LogP contribution is 2.38. The van der Waals surface area contributed by atoms with Gasteiger partial charge in [0.2, 0.25) is 17.3 Å². The number of ether oxygens (including phenoxy) is 4. The molecule has 2 heterocycles. The second kappa shape index (κ2) is 6.29.